The predicted octanol–water partition coefficient (Wildman–Crippen LogP) is 2.19. The summed E-state index contributed by atoms with van der Waals surface area (Å²) in [5, 5.41) is 0. The van der Waals surface area contributed by atoms with Crippen LogP contribution in [0.5, 0.6) is 0 Å². The second kappa shape index (κ2) is 5.42. The summed E-state index contributed by atoms with van der Waals surface area (Å²) in [5.74, 6) is 0.204. The first-order valence-electron chi connectivity index (χ1n) is 4.80. The zero-order valence-electron chi connectivity index (χ0n) is 8.58. The molecular weight excluding hydrogens is 182 g/mol. The van der Waals surface area contributed by atoms with Crippen molar-refractivity contribution in [3.63, 3.8) is 0 Å². The van der Waals surface area contributed by atoms with Crippen molar-refractivity contribution in [1.82, 2.24) is 4.98 Å². The minimum absolute atomic E-state index is 0.309. The van der Waals surface area contributed by atoms with Crippen LogP contribution in [0.25, 0.3) is 0 Å². The molecule has 0 spiro atoms. The molecule has 4 heteroatoms. The molecule has 0 aromatic carbocycles. The van der Waals surface area contributed by atoms with E-state index in [0.717, 1.165) is 25.7 Å². The van der Waals surface area contributed by atoms with Gasteiger partial charge in [0.05, 0.1) is 7.11 Å². The van der Waals surface area contributed by atoms with Gasteiger partial charge < -0.3 is 9.15 Å². The van der Waals surface area contributed by atoms with Gasteiger partial charge in [-0.05, 0) is 6.42 Å². The Balaban J connectivity index is 2.58. The predicted molar refractivity (Wildman–Crippen MR) is 51.1 cm³/mol. The van der Waals surface area contributed by atoms with E-state index in [9.17, 15) is 4.79 Å². The van der Waals surface area contributed by atoms with Gasteiger partial charge in [-0.2, -0.15) is 0 Å². The van der Waals surface area contributed by atoms with Crippen LogP contribution in [0.1, 0.15) is 42.4 Å². The van der Waals surface area contributed by atoms with Crippen molar-refractivity contribution in [2.75, 3.05) is 7.11 Å². The Morgan fingerprint density at radius 1 is 1.57 bits per heavy atom. The van der Waals surface area contributed by atoms with Gasteiger partial charge >= 0.3 is 5.97 Å². The molecular formula is C10H15NO3. The average molecular weight is 197 g/mol. The van der Waals surface area contributed by atoms with Crippen molar-refractivity contribution >= 4 is 5.97 Å². The Kier molecular flexibility index (Phi) is 4.16. The first-order chi connectivity index (χ1) is 6.79. The van der Waals surface area contributed by atoms with Gasteiger partial charge in [-0.1, -0.05) is 19.8 Å². The first kappa shape index (κ1) is 10.8. The van der Waals surface area contributed by atoms with E-state index >= 15 is 0 Å². The standard InChI is InChI=1S/C10H15NO3/c1-3-4-5-6-8-9(10(12)13-2)11-7-14-8/h7H,3-6H2,1-2H3. The highest BCUT2D eigenvalue weighted by Gasteiger charge is 2.16. The number of nitrogens with zero attached hydrogens (tertiary/aromatic N) is 1. The number of ether oxygens (including phenoxy) is 1. The first-order valence-corrected chi connectivity index (χ1v) is 4.80. The maximum atomic E-state index is 11.2. The van der Waals surface area contributed by atoms with Crippen LogP contribution in [-0.4, -0.2) is 18.1 Å². The number of oxazole rings is 1. The highest BCUT2D eigenvalue weighted by molar-refractivity contribution is 5.88. The Labute approximate surface area is 83.3 Å². The summed E-state index contributed by atoms with van der Waals surface area (Å²) in [6.07, 6.45) is 5.31. The van der Waals surface area contributed by atoms with E-state index in [1.54, 1.807) is 0 Å². The molecule has 0 amide bonds. The third-order valence-corrected chi connectivity index (χ3v) is 2.03. The lowest BCUT2D eigenvalue weighted by Crippen LogP contribution is -2.04. The number of aryl methyl sites for hydroxylation is 1. The van der Waals surface area contributed by atoms with E-state index in [1.807, 2.05) is 0 Å². The van der Waals surface area contributed by atoms with Crippen LogP contribution in [0.2, 0.25) is 0 Å². The molecule has 1 heterocycles. The summed E-state index contributed by atoms with van der Waals surface area (Å²) in [6.45, 7) is 2.13. The molecule has 78 valence electrons. The van der Waals surface area contributed by atoms with Gasteiger partial charge in [-0.15, -0.1) is 0 Å². The van der Waals surface area contributed by atoms with Crippen LogP contribution in [0.3, 0.4) is 0 Å². The van der Waals surface area contributed by atoms with E-state index in [-0.39, 0.29) is 0 Å². The molecule has 0 bridgehead atoms. The second-order valence-electron chi connectivity index (χ2n) is 3.07. The molecule has 0 saturated heterocycles. The highest BCUT2D eigenvalue weighted by Crippen LogP contribution is 2.12. The van der Waals surface area contributed by atoms with Crippen LogP contribution in [0.15, 0.2) is 10.8 Å². The fourth-order valence-electron chi connectivity index (χ4n) is 1.25. The van der Waals surface area contributed by atoms with Crippen LogP contribution in [0, 0.1) is 0 Å². The van der Waals surface area contributed by atoms with Gasteiger partial charge in [0, 0.05) is 6.42 Å². The molecule has 4 nitrogen and oxygen atoms in total. The number of methoxy groups -OCH3 is 1. The molecule has 0 atom stereocenters. The molecule has 1 rings (SSSR count). The Hall–Kier alpha value is -1.32. The van der Waals surface area contributed by atoms with Gasteiger partial charge in [0.15, 0.2) is 12.1 Å². The van der Waals surface area contributed by atoms with Gasteiger partial charge in [0.1, 0.15) is 5.76 Å². The van der Waals surface area contributed by atoms with Gasteiger partial charge in [-0.3, -0.25) is 0 Å². The number of unbranched alkanes of at least 4 members (excludes halogenated alkanes) is 2. The number of hydrogen-bond acceptors (Lipinski definition) is 4. The molecule has 0 fully saturated rings. The van der Waals surface area contributed by atoms with Crippen molar-refractivity contribution in [2.45, 2.75) is 32.6 Å². The topological polar surface area (TPSA) is 52.3 Å². The van der Waals surface area contributed by atoms with Gasteiger partial charge in [0.25, 0.3) is 0 Å². The van der Waals surface area contributed by atoms with Crippen LogP contribution >= 0.6 is 0 Å². The fraction of sp³-hybridized carbons (Fsp3) is 0.600. The molecule has 0 radical (unpaired) electrons. The van der Waals surface area contributed by atoms with E-state index in [4.69, 9.17) is 4.42 Å². The zero-order chi connectivity index (χ0) is 10.4. The maximum Gasteiger partial charge on any atom is 0.360 e. The van der Waals surface area contributed by atoms with Crippen molar-refractivity contribution in [2.24, 2.45) is 0 Å². The molecule has 0 aliphatic heterocycles. The van der Waals surface area contributed by atoms with Gasteiger partial charge in [0.2, 0.25) is 0 Å². The quantitative estimate of drug-likeness (QED) is 0.536. The lowest BCUT2D eigenvalue weighted by atomic mass is 10.1. The minimum atomic E-state index is -0.426. The number of esters is 1. The normalized spacial score (nSPS) is 10.1. The number of carbonyl (C=O) groups is 1. The minimum Gasteiger partial charge on any atom is -0.464 e. The summed E-state index contributed by atoms with van der Waals surface area (Å²) in [5.41, 5.74) is 0.309. The van der Waals surface area contributed by atoms with E-state index < -0.39 is 5.97 Å². The number of carbonyl (C=O) groups excluding carboxylic acids is 1. The number of aromatic nitrogens is 1. The summed E-state index contributed by atoms with van der Waals surface area (Å²) in [6, 6.07) is 0. The van der Waals surface area contributed by atoms with Crippen molar-refractivity contribution in [1.29, 1.82) is 0 Å². The number of rotatable bonds is 5. The molecule has 1 aromatic rings. The van der Waals surface area contributed by atoms with Crippen LogP contribution < -0.4 is 0 Å². The third kappa shape index (κ3) is 2.58. The van der Waals surface area contributed by atoms with E-state index in [1.165, 1.54) is 13.5 Å². The van der Waals surface area contributed by atoms with Gasteiger partial charge in [-0.25, -0.2) is 9.78 Å². The molecule has 1 aromatic heterocycles. The average Bonchev–Trinajstić information content (AvgIpc) is 2.65. The smallest absolute Gasteiger partial charge is 0.360 e. The molecule has 14 heavy (non-hydrogen) atoms. The van der Waals surface area contributed by atoms with Crippen molar-refractivity contribution in [3.05, 3.63) is 17.8 Å². The lowest BCUT2D eigenvalue weighted by molar-refractivity contribution is 0.0592. The maximum absolute atomic E-state index is 11.2. The molecule has 0 saturated carbocycles. The molecule has 0 aliphatic rings. The molecule has 0 N–H and O–H groups in total. The Bertz CT molecular complexity index is 293. The van der Waals surface area contributed by atoms with Crippen LogP contribution in [-0.2, 0) is 11.2 Å². The summed E-state index contributed by atoms with van der Waals surface area (Å²) in [7, 11) is 1.34. The van der Waals surface area contributed by atoms with Crippen LogP contribution in [0.4, 0.5) is 0 Å². The Morgan fingerprint density at radius 2 is 2.36 bits per heavy atom. The van der Waals surface area contributed by atoms with Crippen molar-refractivity contribution < 1.29 is 13.9 Å². The third-order valence-electron chi connectivity index (χ3n) is 2.03. The largest absolute Gasteiger partial charge is 0.464 e. The SMILES string of the molecule is CCCCCc1ocnc1C(=O)OC. The molecule has 0 unspecified atom stereocenters. The molecule has 0 aliphatic carbocycles. The number of hydrogen-bond donors (Lipinski definition) is 0. The summed E-state index contributed by atoms with van der Waals surface area (Å²) >= 11 is 0. The van der Waals surface area contributed by atoms with E-state index in [2.05, 4.69) is 16.6 Å². The second-order valence-corrected chi connectivity index (χ2v) is 3.07. The zero-order valence-corrected chi connectivity index (χ0v) is 8.58. The van der Waals surface area contributed by atoms with Crippen molar-refractivity contribution in [3.8, 4) is 0 Å². The fourth-order valence-corrected chi connectivity index (χ4v) is 1.25. The Morgan fingerprint density at radius 3 is 3.00 bits per heavy atom. The summed E-state index contributed by atoms with van der Waals surface area (Å²) in [4.78, 5) is 15.0. The monoisotopic (exact) mass is 197 g/mol. The lowest BCUT2D eigenvalue weighted by Gasteiger charge is -1.98. The van der Waals surface area contributed by atoms with E-state index in [0.29, 0.717) is 11.5 Å². The summed E-state index contributed by atoms with van der Waals surface area (Å²) < 4.78 is 9.70. The highest BCUT2D eigenvalue weighted by atomic mass is 16.5.